The van der Waals surface area contributed by atoms with E-state index in [0.717, 1.165) is 19.3 Å². The lowest BCUT2D eigenvalue weighted by Crippen LogP contribution is -2.33. The van der Waals surface area contributed by atoms with Crippen molar-refractivity contribution in [1.29, 1.82) is 0 Å². The molecule has 2 aromatic rings. The van der Waals surface area contributed by atoms with E-state index in [4.69, 9.17) is 9.47 Å². The van der Waals surface area contributed by atoms with Gasteiger partial charge in [0.05, 0.1) is 35.3 Å². The van der Waals surface area contributed by atoms with E-state index in [0.29, 0.717) is 23.5 Å². The van der Waals surface area contributed by atoms with Crippen molar-refractivity contribution in [2.75, 3.05) is 23.4 Å². The Balaban J connectivity index is 1.16. The number of nitrogens with one attached hydrogen (secondary N) is 1. The third-order valence-electron chi connectivity index (χ3n) is 7.69. The smallest absolute Gasteiger partial charge is 0.338 e. The summed E-state index contributed by atoms with van der Waals surface area (Å²) in [7, 11) is 0. The van der Waals surface area contributed by atoms with Gasteiger partial charge >= 0.3 is 11.9 Å². The van der Waals surface area contributed by atoms with Gasteiger partial charge in [-0.25, -0.2) is 14.5 Å². The van der Waals surface area contributed by atoms with E-state index in [9.17, 15) is 24.0 Å². The van der Waals surface area contributed by atoms with Crippen molar-refractivity contribution in [3.8, 4) is 0 Å². The molecule has 4 atom stereocenters. The minimum Gasteiger partial charge on any atom is -0.462 e. The molecule has 0 radical (unpaired) electrons. The Morgan fingerprint density at radius 1 is 0.949 bits per heavy atom. The molecule has 2 bridgehead atoms. The fourth-order valence-electron chi connectivity index (χ4n) is 5.79. The average Bonchev–Trinajstić information content (AvgIpc) is 3.57. The lowest BCUT2D eigenvalue weighted by atomic mass is 9.82. The van der Waals surface area contributed by atoms with Crippen LogP contribution >= 0.6 is 0 Å². The third kappa shape index (κ3) is 5.08. The Labute approximate surface area is 226 Å². The number of amides is 3. The minimum atomic E-state index is -0.756. The lowest BCUT2D eigenvalue weighted by Gasteiger charge is -2.19. The number of anilines is 2. The summed E-state index contributed by atoms with van der Waals surface area (Å²) in [4.78, 5) is 64.5. The van der Waals surface area contributed by atoms with E-state index < -0.39 is 24.5 Å². The number of unbranched alkanes of at least 4 members (excludes halogenated alkanes) is 1. The van der Waals surface area contributed by atoms with Gasteiger partial charge in [0.1, 0.15) is 0 Å². The molecule has 1 saturated heterocycles. The van der Waals surface area contributed by atoms with E-state index >= 15 is 0 Å². The summed E-state index contributed by atoms with van der Waals surface area (Å²) in [6.45, 7) is 3.83. The number of allylic oxidation sites excluding steroid dienone is 2. The quantitative estimate of drug-likeness (QED) is 0.224. The molecule has 0 unspecified atom stereocenters. The molecule has 2 aromatic carbocycles. The molecular formula is C30H30N2O7. The van der Waals surface area contributed by atoms with Gasteiger partial charge in [-0.05, 0) is 74.1 Å². The molecule has 2 fully saturated rings. The first kappa shape index (κ1) is 26.3. The van der Waals surface area contributed by atoms with Gasteiger partial charge in [0.15, 0.2) is 6.61 Å². The monoisotopic (exact) mass is 530 g/mol. The molecule has 3 aliphatic rings. The van der Waals surface area contributed by atoms with Crippen LogP contribution in [0, 0.1) is 23.7 Å². The number of hydrogen-bond acceptors (Lipinski definition) is 7. The number of hydrogen-bond donors (Lipinski definition) is 1. The maximum Gasteiger partial charge on any atom is 0.338 e. The van der Waals surface area contributed by atoms with Crippen LogP contribution in [0.25, 0.3) is 0 Å². The first-order valence-electron chi connectivity index (χ1n) is 13.2. The van der Waals surface area contributed by atoms with Gasteiger partial charge in [-0.1, -0.05) is 31.1 Å². The molecule has 0 spiro atoms. The normalized spacial score (nSPS) is 22.9. The highest BCUT2D eigenvalue weighted by molar-refractivity contribution is 6.23. The second-order valence-electron chi connectivity index (χ2n) is 10.2. The van der Waals surface area contributed by atoms with E-state index in [2.05, 4.69) is 11.4 Å². The van der Waals surface area contributed by atoms with Crippen LogP contribution in [0.15, 0.2) is 60.2 Å². The summed E-state index contributed by atoms with van der Waals surface area (Å²) in [6, 6.07) is 12.3. The predicted octanol–water partition coefficient (Wildman–Crippen LogP) is 4.14. The van der Waals surface area contributed by atoms with Crippen molar-refractivity contribution < 1.29 is 33.4 Å². The molecule has 1 saturated carbocycles. The fraction of sp³-hybridized carbons (Fsp3) is 0.367. The molecule has 202 valence electrons. The number of imide groups is 1. The van der Waals surface area contributed by atoms with Gasteiger partial charge in [-0.2, -0.15) is 0 Å². The molecule has 5 rings (SSSR count). The zero-order chi connectivity index (χ0) is 27.7. The van der Waals surface area contributed by atoms with Crippen LogP contribution in [0.4, 0.5) is 11.4 Å². The summed E-state index contributed by atoms with van der Waals surface area (Å²) in [6.07, 6.45) is 4.66. The molecule has 3 amide bonds. The van der Waals surface area contributed by atoms with Gasteiger partial charge in [0.2, 0.25) is 11.8 Å². The van der Waals surface area contributed by atoms with Crippen LogP contribution in [0.1, 0.15) is 53.8 Å². The SMILES string of the molecule is CCCCOC(=O)c1ccc(NC(=O)COC(=O)c2cccc(N3C(=O)[C@H]4[C@H](C3=O)[C@H]3C=C(C)[C@H]4C3)c2)cc1. The number of esters is 2. The van der Waals surface area contributed by atoms with Crippen molar-refractivity contribution >= 4 is 41.0 Å². The van der Waals surface area contributed by atoms with Gasteiger partial charge in [0, 0.05) is 5.69 Å². The maximum atomic E-state index is 13.2. The first-order valence-corrected chi connectivity index (χ1v) is 13.2. The van der Waals surface area contributed by atoms with E-state index in [1.54, 1.807) is 36.4 Å². The van der Waals surface area contributed by atoms with Crippen molar-refractivity contribution in [2.45, 2.75) is 33.1 Å². The number of rotatable bonds is 9. The van der Waals surface area contributed by atoms with Gasteiger partial charge in [-0.3, -0.25) is 14.4 Å². The number of nitrogens with zero attached hydrogens (tertiary/aromatic N) is 1. The maximum absolute atomic E-state index is 13.2. The van der Waals surface area contributed by atoms with Crippen LogP contribution in [-0.4, -0.2) is 42.9 Å². The standard InChI is InChI=1S/C30H30N2O7/c1-3-4-12-38-29(36)18-8-10-21(11-9-18)31-24(33)16-39-30(37)19-6-5-7-22(14-19)32-27(34)25-20-13-17(2)23(15-20)26(25)28(32)35/h5-11,13-14,20,23,25-26H,3-4,12,15-16H2,1-2H3,(H,31,33)/t20-,23+,25+,26+/m0/s1. The Morgan fingerprint density at radius 2 is 1.67 bits per heavy atom. The lowest BCUT2D eigenvalue weighted by molar-refractivity contribution is -0.123. The molecule has 1 heterocycles. The molecule has 9 heteroatoms. The van der Waals surface area contributed by atoms with Crippen molar-refractivity contribution in [2.24, 2.45) is 23.7 Å². The van der Waals surface area contributed by atoms with Crippen LogP contribution in [0.2, 0.25) is 0 Å². The summed E-state index contributed by atoms with van der Waals surface area (Å²) in [5.41, 5.74) is 2.41. The number of fused-ring (bicyclic) bond motifs is 5. The van der Waals surface area contributed by atoms with Crippen LogP contribution in [0.5, 0.6) is 0 Å². The zero-order valence-corrected chi connectivity index (χ0v) is 21.8. The van der Waals surface area contributed by atoms with E-state index in [-0.39, 0.29) is 41.0 Å². The van der Waals surface area contributed by atoms with E-state index in [1.807, 2.05) is 13.8 Å². The second-order valence-corrected chi connectivity index (χ2v) is 10.2. The topological polar surface area (TPSA) is 119 Å². The van der Waals surface area contributed by atoms with Gasteiger partial charge in [-0.15, -0.1) is 0 Å². The third-order valence-corrected chi connectivity index (χ3v) is 7.69. The average molecular weight is 531 g/mol. The van der Waals surface area contributed by atoms with Crippen LogP contribution in [-0.2, 0) is 23.9 Å². The Kier molecular flexibility index (Phi) is 7.32. The number of benzene rings is 2. The molecule has 1 N–H and O–H groups in total. The molecule has 9 nitrogen and oxygen atoms in total. The summed E-state index contributed by atoms with van der Waals surface area (Å²) in [5.74, 6) is -2.70. The Bertz CT molecular complexity index is 1360. The van der Waals surface area contributed by atoms with E-state index in [1.165, 1.54) is 22.6 Å². The van der Waals surface area contributed by atoms with Crippen molar-refractivity contribution in [3.05, 3.63) is 71.3 Å². The van der Waals surface area contributed by atoms with Gasteiger partial charge < -0.3 is 14.8 Å². The summed E-state index contributed by atoms with van der Waals surface area (Å²) < 4.78 is 10.3. The van der Waals surface area contributed by atoms with Crippen molar-refractivity contribution in [1.82, 2.24) is 0 Å². The molecule has 39 heavy (non-hydrogen) atoms. The highest BCUT2D eigenvalue weighted by atomic mass is 16.5. The predicted molar refractivity (Wildman–Crippen MR) is 142 cm³/mol. The highest BCUT2D eigenvalue weighted by Gasteiger charge is 2.60. The Hall–Kier alpha value is -4.27. The molecule has 0 aromatic heterocycles. The fourth-order valence-corrected chi connectivity index (χ4v) is 5.79. The number of ether oxygens (including phenoxy) is 2. The molecular weight excluding hydrogens is 500 g/mol. The first-order chi connectivity index (χ1) is 18.8. The molecule has 1 aliphatic heterocycles. The minimum absolute atomic E-state index is 0.0870. The van der Waals surface area contributed by atoms with Crippen LogP contribution in [0.3, 0.4) is 0 Å². The summed E-state index contributed by atoms with van der Waals surface area (Å²) >= 11 is 0. The number of carbonyl (C=O) groups excluding carboxylic acids is 5. The van der Waals surface area contributed by atoms with Crippen molar-refractivity contribution in [3.63, 3.8) is 0 Å². The van der Waals surface area contributed by atoms with Crippen LogP contribution < -0.4 is 10.2 Å². The Morgan fingerprint density at radius 3 is 2.41 bits per heavy atom. The molecule has 2 aliphatic carbocycles. The highest BCUT2D eigenvalue weighted by Crippen LogP contribution is 2.55. The second kappa shape index (κ2) is 10.8. The summed E-state index contributed by atoms with van der Waals surface area (Å²) in [5, 5.41) is 2.60. The zero-order valence-electron chi connectivity index (χ0n) is 21.8. The van der Waals surface area contributed by atoms with Gasteiger partial charge in [0.25, 0.3) is 5.91 Å². The largest absolute Gasteiger partial charge is 0.462 e. The number of carbonyl (C=O) groups is 5.